The third-order valence-corrected chi connectivity index (χ3v) is 0.783. The first kappa shape index (κ1) is 5.68. The molecule has 1 aromatic rings. The predicted octanol–water partition coefficient (Wildman–Crippen LogP) is 0.285. The van der Waals surface area contributed by atoms with Crippen LogP contribution in [0.1, 0.15) is 5.69 Å². The molecule has 1 N–H and O–H groups in total. The first-order valence-electron chi connectivity index (χ1n) is 2.38. The van der Waals surface area contributed by atoms with E-state index in [9.17, 15) is 0 Å². The average molecular weight is 123 g/mol. The van der Waals surface area contributed by atoms with Crippen molar-refractivity contribution in [2.24, 2.45) is 5.16 Å². The van der Waals surface area contributed by atoms with Crippen molar-refractivity contribution >= 4 is 6.21 Å². The Kier molecular flexibility index (Phi) is 1.74. The molecular formula is C5H5N3O. The Bertz CT molecular complexity index is 197. The monoisotopic (exact) mass is 123 g/mol. The van der Waals surface area contributed by atoms with E-state index < -0.39 is 0 Å². The van der Waals surface area contributed by atoms with Crippen LogP contribution in [-0.2, 0) is 0 Å². The van der Waals surface area contributed by atoms with Crippen LogP contribution in [0, 0.1) is 0 Å². The third-order valence-electron chi connectivity index (χ3n) is 0.783. The highest BCUT2D eigenvalue weighted by molar-refractivity contribution is 5.75. The Morgan fingerprint density at radius 2 is 2.56 bits per heavy atom. The van der Waals surface area contributed by atoms with Crippen LogP contribution < -0.4 is 0 Å². The second kappa shape index (κ2) is 2.76. The summed E-state index contributed by atoms with van der Waals surface area (Å²) < 4.78 is 0. The quantitative estimate of drug-likeness (QED) is 0.331. The number of hydrogen-bond donors (Lipinski definition) is 1. The van der Waals surface area contributed by atoms with Crippen molar-refractivity contribution in [3.05, 3.63) is 24.0 Å². The average Bonchev–Trinajstić information content (AvgIpc) is 1.91. The highest BCUT2D eigenvalue weighted by atomic mass is 16.4. The first-order valence-corrected chi connectivity index (χ1v) is 2.38. The van der Waals surface area contributed by atoms with E-state index in [4.69, 9.17) is 5.21 Å². The molecule has 0 atom stereocenters. The van der Waals surface area contributed by atoms with E-state index in [1.807, 2.05) is 0 Å². The molecular weight excluding hydrogens is 118 g/mol. The molecule has 1 aromatic heterocycles. The minimum absolute atomic E-state index is 0.542. The van der Waals surface area contributed by atoms with Crippen LogP contribution in [0.3, 0.4) is 0 Å². The SMILES string of the molecule is O/N=C\c1cccnn1. The maximum atomic E-state index is 8.02. The van der Waals surface area contributed by atoms with E-state index in [0.29, 0.717) is 5.69 Å². The molecule has 0 saturated carbocycles. The van der Waals surface area contributed by atoms with Crippen LogP contribution in [0.25, 0.3) is 0 Å². The summed E-state index contributed by atoms with van der Waals surface area (Å²) in [6.45, 7) is 0. The van der Waals surface area contributed by atoms with Crippen LogP contribution >= 0.6 is 0 Å². The van der Waals surface area contributed by atoms with Crippen molar-refractivity contribution in [1.82, 2.24) is 10.2 Å². The second-order valence-corrected chi connectivity index (χ2v) is 1.39. The summed E-state index contributed by atoms with van der Waals surface area (Å²) in [5, 5.41) is 18.0. The Hall–Kier alpha value is -1.45. The molecule has 0 radical (unpaired) electrons. The molecule has 1 rings (SSSR count). The molecule has 4 heteroatoms. The summed E-state index contributed by atoms with van der Waals surface area (Å²) in [7, 11) is 0. The van der Waals surface area contributed by atoms with Gasteiger partial charge in [-0.2, -0.15) is 5.10 Å². The summed E-state index contributed by atoms with van der Waals surface area (Å²) >= 11 is 0. The van der Waals surface area contributed by atoms with Crippen LogP contribution in [0.5, 0.6) is 0 Å². The zero-order valence-electron chi connectivity index (χ0n) is 4.60. The lowest BCUT2D eigenvalue weighted by Crippen LogP contribution is -1.87. The molecule has 0 fully saturated rings. The minimum atomic E-state index is 0.542. The van der Waals surface area contributed by atoms with Gasteiger partial charge in [-0.05, 0) is 12.1 Å². The first-order chi connectivity index (χ1) is 4.43. The van der Waals surface area contributed by atoms with Gasteiger partial charge < -0.3 is 5.21 Å². The Labute approximate surface area is 51.8 Å². The summed E-state index contributed by atoms with van der Waals surface area (Å²) in [6, 6.07) is 3.40. The Morgan fingerprint density at radius 1 is 1.67 bits per heavy atom. The lowest BCUT2D eigenvalue weighted by Gasteiger charge is -1.83. The zero-order valence-corrected chi connectivity index (χ0v) is 4.60. The van der Waals surface area contributed by atoms with Gasteiger partial charge >= 0.3 is 0 Å². The Morgan fingerprint density at radius 3 is 3.11 bits per heavy atom. The highest BCUT2D eigenvalue weighted by Crippen LogP contribution is 1.83. The number of rotatable bonds is 1. The van der Waals surface area contributed by atoms with Gasteiger partial charge in [0.1, 0.15) is 5.69 Å². The number of aromatic nitrogens is 2. The van der Waals surface area contributed by atoms with Gasteiger partial charge in [-0.15, -0.1) is 5.10 Å². The molecule has 0 bridgehead atoms. The Balaban J connectivity index is 2.85. The van der Waals surface area contributed by atoms with Gasteiger partial charge in [0.2, 0.25) is 0 Å². The van der Waals surface area contributed by atoms with Gasteiger partial charge in [0.05, 0.1) is 6.21 Å². The van der Waals surface area contributed by atoms with Crippen molar-refractivity contribution < 1.29 is 5.21 Å². The molecule has 0 aliphatic carbocycles. The van der Waals surface area contributed by atoms with Crippen molar-refractivity contribution in [1.29, 1.82) is 0 Å². The predicted molar refractivity (Wildman–Crippen MR) is 31.4 cm³/mol. The fourth-order valence-electron chi connectivity index (χ4n) is 0.441. The maximum Gasteiger partial charge on any atom is 0.107 e. The van der Waals surface area contributed by atoms with Gasteiger partial charge in [0.25, 0.3) is 0 Å². The zero-order chi connectivity index (χ0) is 6.53. The van der Waals surface area contributed by atoms with Crippen LogP contribution in [0.2, 0.25) is 0 Å². The summed E-state index contributed by atoms with van der Waals surface area (Å²) in [5.74, 6) is 0. The van der Waals surface area contributed by atoms with E-state index in [-0.39, 0.29) is 0 Å². The van der Waals surface area contributed by atoms with Gasteiger partial charge in [0.15, 0.2) is 0 Å². The molecule has 0 saturated heterocycles. The third kappa shape index (κ3) is 1.49. The van der Waals surface area contributed by atoms with Gasteiger partial charge in [-0.3, -0.25) is 0 Å². The lowest BCUT2D eigenvalue weighted by molar-refractivity contribution is 0.321. The standard InChI is InChI=1S/C5H5N3O/c9-7-4-5-2-1-3-6-8-5/h1-4,9H/b7-4-. The smallest absolute Gasteiger partial charge is 0.107 e. The van der Waals surface area contributed by atoms with Crippen molar-refractivity contribution in [3.8, 4) is 0 Å². The minimum Gasteiger partial charge on any atom is -0.411 e. The topological polar surface area (TPSA) is 58.4 Å². The maximum absolute atomic E-state index is 8.02. The van der Waals surface area contributed by atoms with E-state index >= 15 is 0 Å². The second-order valence-electron chi connectivity index (χ2n) is 1.39. The molecule has 0 aliphatic rings. The largest absolute Gasteiger partial charge is 0.411 e. The van der Waals surface area contributed by atoms with Crippen molar-refractivity contribution in [2.75, 3.05) is 0 Å². The van der Waals surface area contributed by atoms with Crippen LogP contribution in [0.4, 0.5) is 0 Å². The molecule has 4 nitrogen and oxygen atoms in total. The summed E-state index contributed by atoms with van der Waals surface area (Å²) in [4.78, 5) is 0. The van der Waals surface area contributed by atoms with Crippen molar-refractivity contribution in [2.45, 2.75) is 0 Å². The molecule has 1 heterocycles. The van der Waals surface area contributed by atoms with Crippen molar-refractivity contribution in [3.63, 3.8) is 0 Å². The summed E-state index contributed by atoms with van der Waals surface area (Å²) in [6.07, 6.45) is 2.77. The molecule has 0 aromatic carbocycles. The number of nitrogens with zero attached hydrogens (tertiary/aromatic N) is 3. The molecule has 0 aliphatic heterocycles. The molecule has 0 unspecified atom stereocenters. The number of oxime groups is 1. The van der Waals surface area contributed by atoms with E-state index in [1.165, 1.54) is 6.21 Å². The highest BCUT2D eigenvalue weighted by Gasteiger charge is 1.83. The fraction of sp³-hybridized carbons (Fsp3) is 0. The van der Waals surface area contributed by atoms with Gasteiger partial charge in [0, 0.05) is 6.20 Å². The molecule has 9 heavy (non-hydrogen) atoms. The molecule has 0 spiro atoms. The van der Waals surface area contributed by atoms with Crippen LogP contribution in [-0.4, -0.2) is 21.6 Å². The lowest BCUT2D eigenvalue weighted by atomic mass is 10.4. The number of hydrogen-bond acceptors (Lipinski definition) is 4. The van der Waals surface area contributed by atoms with Gasteiger partial charge in [-0.1, -0.05) is 5.16 Å². The summed E-state index contributed by atoms with van der Waals surface area (Å²) in [5.41, 5.74) is 0.542. The molecule has 0 amide bonds. The van der Waals surface area contributed by atoms with E-state index in [0.717, 1.165) is 0 Å². The normalized spacial score (nSPS) is 10.2. The van der Waals surface area contributed by atoms with E-state index in [2.05, 4.69) is 15.4 Å². The van der Waals surface area contributed by atoms with Gasteiger partial charge in [-0.25, -0.2) is 0 Å². The van der Waals surface area contributed by atoms with E-state index in [1.54, 1.807) is 18.3 Å². The van der Waals surface area contributed by atoms with Crippen LogP contribution in [0.15, 0.2) is 23.5 Å². The molecule has 46 valence electrons. The fourth-order valence-corrected chi connectivity index (χ4v) is 0.441.